The van der Waals surface area contributed by atoms with E-state index in [1.165, 1.54) is 0 Å². The van der Waals surface area contributed by atoms with Gasteiger partial charge in [-0.2, -0.15) is 10.5 Å². The minimum Gasteiger partial charge on any atom is -0.192 e. The fourth-order valence-electron chi connectivity index (χ4n) is 3.91. The average molecular weight is 302 g/mol. The van der Waals surface area contributed by atoms with Crippen LogP contribution in [-0.2, 0) is 0 Å². The minimum absolute atomic E-state index is 0.694. The molecule has 0 aliphatic rings. The molecule has 0 unspecified atom stereocenters. The molecule has 108 valence electrons. The zero-order chi connectivity index (χ0) is 16.3. The first kappa shape index (κ1) is 12.9. The van der Waals surface area contributed by atoms with E-state index < -0.39 is 0 Å². The summed E-state index contributed by atoms with van der Waals surface area (Å²) >= 11 is 0. The zero-order valence-corrected chi connectivity index (χ0v) is 12.7. The predicted octanol–water partition coefficient (Wildman–Crippen LogP) is 5.48. The van der Waals surface area contributed by atoms with E-state index in [1.807, 2.05) is 48.5 Å². The van der Waals surface area contributed by atoms with Crippen LogP contribution in [0.15, 0.2) is 60.7 Å². The van der Waals surface area contributed by atoms with Crippen molar-refractivity contribution in [3.63, 3.8) is 0 Å². The lowest BCUT2D eigenvalue weighted by Crippen LogP contribution is -1.90. The van der Waals surface area contributed by atoms with Crippen molar-refractivity contribution in [1.29, 1.82) is 10.5 Å². The second-order valence-electron chi connectivity index (χ2n) is 6.00. The highest BCUT2D eigenvalue weighted by Crippen LogP contribution is 2.41. The standard InChI is InChI=1S/C22H10N2/c23-11-13-7-10-20-18-6-2-4-16-14(12-24)8-9-19(22(16)18)17-5-1-3-15(13)21(17)20/h1-10H. The van der Waals surface area contributed by atoms with E-state index in [9.17, 15) is 10.5 Å². The van der Waals surface area contributed by atoms with Crippen LogP contribution in [0.5, 0.6) is 0 Å². The quantitative estimate of drug-likeness (QED) is 0.281. The molecule has 5 rings (SSSR count). The molecule has 24 heavy (non-hydrogen) atoms. The van der Waals surface area contributed by atoms with Crippen molar-refractivity contribution in [2.24, 2.45) is 0 Å². The third kappa shape index (κ3) is 1.43. The van der Waals surface area contributed by atoms with Crippen LogP contribution in [0.25, 0.3) is 43.1 Å². The number of nitrogens with zero attached hydrogens (tertiary/aromatic N) is 2. The van der Waals surface area contributed by atoms with Crippen LogP contribution in [0.4, 0.5) is 0 Å². The lowest BCUT2D eigenvalue weighted by molar-refractivity contribution is 1.50. The van der Waals surface area contributed by atoms with Crippen molar-refractivity contribution in [3.8, 4) is 12.1 Å². The van der Waals surface area contributed by atoms with Crippen LogP contribution in [-0.4, -0.2) is 0 Å². The lowest BCUT2D eigenvalue weighted by Gasteiger charge is -2.15. The summed E-state index contributed by atoms with van der Waals surface area (Å²) in [7, 11) is 0. The molecule has 0 aliphatic heterocycles. The summed E-state index contributed by atoms with van der Waals surface area (Å²) in [5.74, 6) is 0. The number of fused-ring (bicyclic) bond motifs is 2. The lowest BCUT2D eigenvalue weighted by atomic mass is 9.87. The number of benzene rings is 5. The number of hydrogen-bond donors (Lipinski definition) is 0. The number of rotatable bonds is 0. The first-order chi connectivity index (χ1) is 11.8. The van der Waals surface area contributed by atoms with E-state index >= 15 is 0 Å². The topological polar surface area (TPSA) is 47.6 Å². The molecule has 0 bridgehead atoms. The van der Waals surface area contributed by atoms with E-state index in [2.05, 4.69) is 24.3 Å². The maximum Gasteiger partial charge on any atom is 0.0998 e. The Bertz CT molecular complexity index is 1240. The van der Waals surface area contributed by atoms with Gasteiger partial charge in [0, 0.05) is 10.8 Å². The van der Waals surface area contributed by atoms with Crippen molar-refractivity contribution in [3.05, 3.63) is 71.8 Å². The van der Waals surface area contributed by atoms with Crippen LogP contribution >= 0.6 is 0 Å². The molecule has 0 aromatic heterocycles. The molecule has 0 spiro atoms. The molecule has 0 fully saturated rings. The summed E-state index contributed by atoms with van der Waals surface area (Å²) in [5, 5.41) is 27.6. The van der Waals surface area contributed by atoms with Crippen LogP contribution < -0.4 is 0 Å². The van der Waals surface area contributed by atoms with Crippen LogP contribution in [0, 0.1) is 22.7 Å². The van der Waals surface area contributed by atoms with Crippen LogP contribution in [0.2, 0.25) is 0 Å². The minimum atomic E-state index is 0.694. The second kappa shape index (κ2) is 4.44. The maximum absolute atomic E-state index is 9.44. The van der Waals surface area contributed by atoms with E-state index in [0.29, 0.717) is 11.1 Å². The molecular formula is C22H10N2. The van der Waals surface area contributed by atoms with Crippen molar-refractivity contribution < 1.29 is 0 Å². The fourth-order valence-corrected chi connectivity index (χ4v) is 3.91. The molecular weight excluding hydrogens is 292 g/mol. The Morgan fingerprint density at radius 3 is 1.25 bits per heavy atom. The second-order valence-corrected chi connectivity index (χ2v) is 6.00. The van der Waals surface area contributed by atoms with Gasteiger partial charge in [-0.05, 0) is 44.5 Å². The Morgan fingerprint density at radius 2 is 0.833 bits per heavy atom. The van der Waals surface area contributed by atoms with Gasteiger partial charge in [-0.25, -0.2) is 0 Å². The molecule has 0 atom stereocenters. The largest absolute Gasteiger partial charge is 0.192 e. The van der Waals surface area contributed by atoms with Gasteiger partial charge < -0.3 is 0 Å². The molecule has 0 radical (unpaired) electrons. The summed E-state index contributed by atoms with van der Waals surface area (Å²) in [5.41, 5.74) is 1.39. The zero-order valence-electron chi connectivity index (χ0n) is 12.7. The summed E-state index contributed by atoms with van der Waals surface area (Å²) in [6, 6.07) is 24.6. The van der Waals surface area contributed by atoms with E-state index in [0.717, 1.165) is 43.1 Å². The SMILES string of the molecule is N#Cc1ccc2c3cccc4c(C#N)ccc(c5cccc1c52)c43. The Kier molecular flexibility index (Phi) is 2.38. The maximum atomic E-state index is 9.44. The molecule has 2 heteroatoms. The monoisotopic (exact) mass is 302 g/mol. The number of hydrogen-bond acceptors (Lipinski definition) is 2. The third-order valence-corrected chi connectivity index (χ3v) is 4.90. The summed E-state index contributed by atoms with van der Waals surface area (Å²) in [6.45, 7) is 0. The highest BCUT2D eigenvalue weighted by Gasteiger charge is 2.15. The van der Waals surface area contributed by atoms with Gasteiger partial charge in [0.25, 0.3) is 0 Å². The van der Waals surface area contributed by atoms with Crippen molar-refractivity contribution in [1.82, 2.24) is 0 Å². The van der Waals surface area contributed by atoms with Crippen LogP contribution in [0.1, 0.15) is 11.1 Å². The van der Waals surface area contributed by atoms with E-state index in [1.54, 1.807) is 0 Å². The van der Waals surface area contributed by atoms with Crippen molar-refractivity contribution >= 4 is 43.1 Å². The van der Waals surface area contributed by atoms with Gasteiger partial charge in [-0.1, -0.05) is 48.5 Å². The summed E-state index contributed by atoms with van der Waals surface area (Å²) < 4.78 is 0. The average Bonchev–Trinajstić information content (AvgIpc) is 2.65. The van der Waals surface area contributed by atoms with Gasteiger partial charge in [0.2, 0.25) is 0 Å². The van der Waals surface area contributed by atoms with Gasteiger partial charge in [0.1, 0.15) is 0 Å². The van der Waals surface area contributed by atoms with Crippen molar-refractivity contribution in [2.75, 3.05) is 0 Å². The Morgan fingerprint density at radius 1 is 0.458 bits per heavy atom. The Balaban J connectivity index is 2.22. The molecule has 0 saturated heterocycles. The number of nitriles is 2. The van der Waals surface area contributed by atoms with Gasteiger partial charge in [0.05, 0.1) is 23.3 Å². The molecule has 0 aliphatic carbocycles. The molecule has 0 N–H and O–H groups in total. The highest BCUT2D eigenvalue weighted by atomic mass is 14.3. The van der Waals surface area contributed by atoms with Crippen molar-refractivity contribution in [2.45, 2.75) is 0 Å². The normalized spacial score (nSPS) is 11.2. The summed E-state index contributed by atoms with van der Waals surface area (Å²) in [4.78, 5) is 0. The van der Waals surface area contributed by atoms with E-state index in [4.69, 9.17) is 0 Å². The van der Waals surface area contributed by atoms with Gasteiger partial charge in [-0.3, -0.25) is 0 Å². The molecule has 2 nitrogen and oxygen atoms in total. The Hall–Kier alpha value is -3.62. The van der Waals surface area contributed by atoms with Gasteiger partial charge >= 0.3 is 0 Å². The molecule has 0 amide bonds. The fraction of sp³-hybridized carbons (Fsp3) is 0. The molecule has 0 saturated carbocycles. The predicted molar refractivity (Wildman–Crippen MR) is 97.1 cm³/mol. The first-order valence-corrected chi connectivity index (χ1v) is 7.76. The van der Waals surface area contributed by atoms with Crippen LogP contribution in [0.3, 0.4) is 0 Å². The van der Waals surface area contributed by atoms with E-state index in [-0.39, 0.29) is 0 Å². The smallest absolute Gasteiger partial charge is 0.0998 e. The highest BCUT2D eigenvalue weighted by molar-refractivity contribution is 6.33. The molecule has 5 aromatic rings. The first-order valence-electron chi connectivity index (χ1n) is 7.76. The van der Waals surface area contributed by atoms with Gasteiger partial charge in [-0.15, -0.1) is 0 Å². The van der Waals surface area contributed by atoms with Gasteiger partial charge in [0.15, 0.2) is 0 Å². The molecule has 5 aromatic carbocycles. The Labute approximate surface area is 138 Å². The molecule has 0 heterocycles. The third-order valence-electron chi connectivity index (χ3n) is 4.90. The summed E-state index contributed by atoms with van der Waals surface area (Å²) in [6.07, 6.45) is 0.